The largest absolute Gasteiger partial charge is 0.282 e. The molecule has 0 saturated carbocycles. The molecule has 4 heteroatoms. The van der Waals surface area contributed by atoms with Gasteiger partial charge in [-0.05, 0) is 23.6 Å². The van der Waals surface area contributed by atoms with Gasteiger partial charge in [-0.2, -0.15) is 0 Å². The Kier molecular flexibility index (Phi) is 1.44. The summed E-state index contributed by atoms with van der Waals surface area (Å²) in [6.45, 7) is 0. The minimum Gasteiger partial charge on any atom is -0.282 e. The highest BCUT2D eigenvalue weighted by molar-refractivity contribution is 7.17. The van der Waals surface area contributed by atoms with E-state index in [9.17, 15) is 0 Å². The zero-order valence-electron chi connectivity index (χ0n) is 8.29. The summed E-state index contributed by atoms with van der Waals surface area (Å²) < 4.78 is 3.24. The van der Waals surface area contributed by atoms with Gasteiger partial charge in [-0.25, -0.2) is 9.97 Å². The summed E-state index contributed by atoms with van der Waals surface area (Å²) in [4.78, 5) is 9.04. The van der Waals surface area contributed by atoms with Crippen LogP contribution in [-0.4, -0.2) is 14.4 Å². The third-order valence-electron chi connectivity index (χ3n) is 2.72. The first-order valence-electron chi connectivity index (χ1n) is 5.03. The second-order valence-electron chi connectivity index (χ2n) is 3.68. The highest BCUT2D eigenvalue weighted by atomic mass is 32.1. The van der Waals surface area contributed by atoms with Crippen LogP contribution in [0.2, 0.25) is 0 Å². The van der Waals surface area contributed by atoms with Gasteiger partial charge >= 0.3 is 0 Å². The minimum absolute atomic E-state index is 0.770. The maximum absolute atomic E-state index is 4.54. The zero-order chi connectivity index (χ0) is 10.5. The van der Waals surface area contributed by atoms with E-state index in [-0.39, 0.29) is 0 Å². The van der Waals surface area contributed by atoms with E-state index in [1.807, 2.05) is 28.7 Å². The van der Waals surface area contributed by atoms with Gasteiger partial charge in [0.25, 0.3) is 0 Å². The Morgan fingerprint density at radius 2 is 1.88 bits per heavy atom. The molecule has 3 aromatic heterocycles. The molecule has 1 aromatic carbocycles. The van der Waals surface area contributed by atoms with Gasteiger partial charge in [-0.3, -0.25) is 4.40 Å². The first-order chi connectivity index (χ1) is 7.92. The molecule has 0 spiro atoms. The second kappa shape index (κ2) is 2.80. The molecule has 76 valence electrons. The predicted octanol–water partition coefficient (Wildman–Crippen LogP) is 3.10. The van der Waals surface area contributed by atoms with Gasteiger partial charge in [0.2, 0.25) is 5.78 Å². The Bertz CT molecular complexity index is 813. The Hall–Kier alpha value is -1.94. The van der Waals surface area contributed by atoms with Crippen molar-refractivity contribution < 1.29 is 0 Å². The predicted molar refractivity (Wildman–Crippen MR) is 65.9 cm³/mol. The molecular formula is C12H7N3S. The van der Waals surface area contributed by atoms with Crippen LogP contribution in [0, 0.1) is 0 Å². The number of hydrogen-bond acceptors (Lipinski definition) is 3. The van der Waals surface area contributed by atoms with Crippen molar-refractivity contribution in [1.29, 1.82) is 0 Å². The van der Waals surface area contributed by atoms with Gasteiger partial charge in [0.1, 0.15) is 0 Å². The summed E-state index contributed by atoms with van der Waals surface area (Å²) >= 11 is 1.70. The molecular weight excluding hydrogens is 218 g/mol. The van der Waals surface area contributed by atoms with Crippen molar-refractivity contribution in [3.63, 3.8) is 0 Å². The SMILES string of the molecule is c1ccc2c(c1)nc1nc3ccsc3cn12. The van der Waals surface area contributed by atoms with E-state index in [4.69, 9.17) is 0 Å². The first kappa shape index (κ1) is 8.24. The summed E-state index contributed by atoms with van der Waals surface area (Å²) in [5.74, 6) is 0.770. The Morgan fingerprint density at radius 3 is 2.88 bits per heavy atom. The summed E-state index contributed by atoms with van der Waals surface area (Å²) in [5, 5.41) is 2.05. The molecule has 0 radical (unpaired) electrons. The molecule has 0 fully saturated rings. The van der Waals surface area contributed by atoms with E-state index in [1.165, 1.54) is 4.70 Å². The molecule has 0 aliphatic carbocycles. The van der Waals surface area contributed by atoms with Crippen molar-refractivity contribution in [2.75, 3.05) is 0 Å². The number of nitrogens with zero attached hydrogens (tertiary/aromatic N) is 3. The maximum Gasteiger partial charge on any atom is 0.235 e. The van der Waals surface area contributed by atoms with Crippen LogP contribution in [0.15, 0.2) is 41.9 Å². The third kappa shape index (κ3) is 0.967. The number of thiophene rings is 1. The fraction of sp³-hybridized carbons (Fsp3) is 0. The minimum atomic E-state index is 0.770. The highest BCUT2D eigenvalue weighted by Crippen LogP contribution is 2.22. The standard InChI is InChI=1S/C12H7N3S/c1-2-4-10-8(3-1)13-12-14-9-5-6-16-11(9)7-15(10)12/h1-7H. The van der Waals surface area contributed by atoms with Gasteiger partial charge in [-0.15, -0.1) is 11.3 Å². The summed E-state index contributed by atoms with van der Waals surface area (Å²) in [5.41, 5.74) is 3.13. The molecule has 16 heavy (non-hydrogen) atoms. The van der Waals surface area contributed by atoms with E-state index in [1.54, 1.807) is 11.3 Å². The molecule has 0 aliphatic rings. The fourth-order valence-electron chi connectivity index (χ4n) is 1.97. The quantitative estimate of drug-likeness (QED) is 0.460. The Morgan fingerprint density at radius 1 is 1.00 bits per heavy atom. The van der Waals surface area contributed by atoms with Crippen molar-refractivity contribution >= 4 is 38.4 Å². The summed E-state index contributed by atoms with van der Waals surface area (Å²) in [6, 6.07) is 10.1. The zero-order valence-corrected chi connectivity index (χ0v) is 9.11. The highest BCUT2D eigenvalue weighted by Gasteiger charge is 2.06. The maximum atomic E-state index is 4.54. The molecule has 3 heterocycles. The lowest BCUT2D eigenvalue weighted by molar-refractivity contribution is 1.18. The number of para-hydroxylation sites is 2. The van der Waals surface area contributed by atoms with Crippen LogP contribution in [0.4, 0.5) is 0 Å². The van der Waals surface area contributed by atoms with Crippen molar-refractivity contribution in [3.05, 3.63) is 41.9 Å². The van der Waals surface area contributed by atoms with Crippen molar-refractivity contribution in [2.45, 2.75) is 0 Å². The van der Waals surface area contributed by atoms with E-state index in [0.29, 0.717) is 0 Å². The van der Waals surface area contributed by atoms with Crippen LogP contribution in [0.5, 0.6) is 0 Å². The molecule has 4 aromatic rings. The van der Waals surface area contributed by atoms with Crippen molar-refractivity contribution in [1.82, 2.24) is 14.4 Å². The van der Waals surface area contributed by atoms with Crippen LogP contribution in [-0.2, 0) is 0 Å². The van der Waals surface area contributed by atoms with Crippen LogP contribution in [0.1, 0.15) is 0 Å². The summed E-state index contributed by atoms with van der Waals surface area (Å²) in [6.07, 6.45) is 2.11. The number of hydrogen-bond donors (Lipinski definition) is 0. The molecule has 0 bridgehead atoms. The van der Waals surface area contributed by atoms with Crippen LogP contribution in [0.3, 0.4) is 0 Å². The smallest absolute Gasteiger partial charge is 0.235 e. The average Bonchev–Trinajstić information content (AvgIpc) is 2.88. The molecule has 0 unspecified atom stereocenters. The Balaban J connectivity index is 2.32. The molecule has 0 aliphatic heterocycles. The van der Waals surface area contributed by atoms with E-state index >= 15 is 0 Å². The molecule has 4 rings (SSSR count). The number of imidazole rings is 1. The molecule has 0 saturated heterocycles. The first-order valence-corrected chi connectivity index (χ1v) is 5.91. The van der Waals surface area contributed by atoms with E-state index in [0.717, 1.165) is 22.3 Å². The monoisotopic (exact) mass is 225 g/mol. The van der Waals surface area contributed by atoms with Gasteiger partial charge in [-0.1, -0.05) is 12.1 Å². The topological polar surface area (TPSA) is 30.2 Å². The van der Waals surface area contributed by atoms with Crippen molar-refractivity contribution in [2.24, 2.45) is 0 Å². The molecule has 0 N–H and O–H groups in total. The van der Waals surface area contributed by atoms with E-state index in [2.05, 4.69) is 27.6 Å². The van der Waals surface area contributed by atoms with Gasteiger partial charge in [0.05, 0.1) is 21.3 Å². The van der Waals surface area contributed by atoms with Crippen molar-refractivity contribution in [3.8, 4) is 0 Å². The Labute approximate surface area is 95.0 Å². The number of fused-ring (bicyclic) bond motifs is 4. The average molecular weight is 225 g/mol. The molecule has 3 nitrogen and oxygen atoms in total. The van der Waals surface area contributed by atoms with Gasteiger partial charge in [0.15, 0.2) is 0 Å². The lowest BCUT2D eigenvalue weighted by atomic mass is 10.3. The molecule has 0 amide bonds. The number of benzene rings is 1. The third-order valence-corrected chi connectivity index (χ3v) is 3.56. The fourth-order valence-corrected chi connectivity index (χ4v) is 2.71. The number of rotatable bonds is 0. The lowest BCUT2D eigenvalue weighted by Crippen LogP contribution is -1.86. The summed E-state index contributed by atoms with van der Waals surface area (Å²) in [7, 11) is 0. The number of aromatic nitrogens is 3. The second-order valence-corrected chi connectivity index (χ2v) is 4.63. The normalized spacial score (nSPS) is 11.8. The van der Waals surface area contributed by atoms with Gasteiger partial charge in [0, 0.05) is 6.20 Å². The molecule has 0 atom stereocenters. The van der Waals surface area contributed by atoms with Crippen LogP contribution < -0.4 is 0 Å². The lowest BCUT2D eigenvalue weighted by Gasteiger charge is -1.94. The van der Waals surface area contributed by atoms with Gasteiger partial charge < -0.3 is 0 Å². The van der Waals surface area contributed by atoms with Crippen LogP contribution in [0.25, 0.3) is 27.0 Å². The van der Waals surface area contributed by atoms with Crippen LogP contribution >= 0.6 is 11.3 Å². The van der Waals surface area contributed by atoms with E-state index < -0.39 is 0 Å².